The van der Waals surface area contributed by atoms with E-state index in [0.717, 1.165) is 6.26 Å². The zero-order valence-corrected chi connectivity index (χ0v) is 13.8. The van der Waals surface area contributed by atoms with Crippen LogP contribution in [0.5, 0.6) is 0 Å². The molecule has 2 fully saturated rings. The minimum absolute atomic E-state index is 0.159. The first-order chi connectivity index (χ1) is 10.3. The van der Waals surface area contributed by atoms with E-state index in [-0.39, 0.29) is 30.5 Å². The zero-order valence-electron chi connectivity index (χ0n) is 12.9. The molecule has 2 atom stereocenters. The van der Waals surface area contributed by atoms with Crippen LogP contribution in [0.2, 0.25) is 0 Å². The number of hydrogen-bond donors (Lipinski definition) is 1. The van der Waals surface area contributed by atoms with Crippen molar-refractivity contribution < 1.29 is 22.7 Å². The Kier molecular flexibility index (Phi) is 5.28. The maximum Gasteiger partial charge on any atom is 0.410 e. The zero-order chi connectivity index (χ0) is 16.3. The fourth-order valence-corrected chi connectivity index (χ4v) is 3.70. The van der Waals surface area contributed by atoms with Gasteiger partial charge in [0, 0.05) is 25.7 Å². The van der Waals surface area contributed by atoms with Gasteiger partial charge in [-0.3, -0.25) is 4.79 Å². The minimum atomic E-state index is -3.26. The molecule has 2 aliphatic rings. The molecule has 0 aromatic rings. The van der Waals surface area contributed by atoms with Crippen molar-refractivity contribution in [1.29, 1.82) is 0 Å². The molecule has 0 bridgehead atoms. The molecule has 22 heavy (non-hydrogen) atoms. The molecular formula is C13H23N3O5S. The molecule has 0 aliphatic carbocycles. The molecule has 1 N–H and O–H groups in total. The van der Waals surface area contributed by atoms with Crippen LogP contribution >= 0.6 is 0 Å². The molecule has 2 rings (SSSR count). The van der Waals surface area contributed by atoms with Crippen molar-refractivity contribution in [2.45, 2.75) is 25.8 Å². The Balaban J connectivity index is 1.84. The second kappa shape index (κ2) is 6.82. The number of nitrogens with zero attached hydrogens (tertiary/aromatic N) is 2. The van der Waals surface area contributed by atoms with Crippen molar-refractivity contribution in [1.82, 2.24) is 14.5 Å². The number of nitrogens with one attached hydrogen (secondary N) is 1. The predicted molar refractivity (Wildman–Crippen MR) is 79.7 cm³/mol. The van der Waals surface area contributed by atoms with Gasteiger partial charge in [-0.15, -0.1) is 0 Å². The van der Waals surface area contributed by atoms with Crippen molar-refractivity contribution in [3.63, 3.8) is 0 Å². The molecule has 2 aliphatic heterocycles. The highest BCUT2D eigenvalue weighted by Crippen LogP contribution is 2.19. The molecule has 2 heterocycles. The Bertz CT molecular complexity index is 536. The van der Waals surface area contributed by atoms with Gasteiger partial charge in [-0.2, -0.15) is 0 Å². The van der Waals surface area contributed by atoms with Crippen LogP contribution in [0.4, 0.5) is 4.79 Å². The highest BCUT2D eigenvalue weighted by atomic mass is 32.2. The first kappa shape index (κ1) is 17.0. The number of rotatable bonds is 5. The van der Waals surface area contributed by atoms with Crippen LogP contribution in [0, 0.1) is 5.92 Å². The number of piperidine rings is 1. The predicted octanol–water partition coefficient (Wildman–Crippen LogP) is -0.385. The van der Waals surface area contributed by atoms with Gasteiger partial charge in [-0.05, 0) is 19.8 Å². The van der Waals surface area contributed by atoms with Crippen LogP contribution in [0.25, 0.3) is 0 Å². The summed E-state index contributed by atoms with van der Waals surface area (Å²) in [4.78, 5) is 25.2. The Morgan fingerprint density at radius 1 is 1.45 bits per heavy atom. The van der Waals surface area contributed by atoms with E-state index in [1.165, 1.54) is 4.31 Å². The van der Waals surface area contributed by atoms with E-state index < -0.39 is 10.0 Å². The molecule has 2 saturated heterocycles. The second-order valence-corrected chi connectivity index (χ2v) is 7.91. The number of hydrogen-bond acceptors (Lipinski definition) is 5. The summed E-state index contributed by atoms with van der Waals surface area (Å²) in [6.45, 7) is 3.82. The van der Waals surface area contributed by atoms with E-state index in [2.05, 4.69) is 5.32 Å². The topological polar surface area (TPSA) is 96.0 Å². The molecule has 8 nitrogen and oxygen atoms in total. The van der Waals surface area contributed by atoms with Gasteiger partial charge < -0.3 is 15.0 Å². The largest absolute Gasteiger partial charge is 0.448 e. The average molecular weight is 333 g/mol. The van der Waals surface area contributed by atoms with Crippen LogP contribution in [-0.4, -0.2) is 74.7 Å². The lowest BCUT2D eigenvalue weighted by Gasteiger charge is -2.31. The van der Waals surface area contributed by atoms with Gasteiger partial charge in [0.15, 0.2) is 0 Å². The number of cyclic esters (lactones) is 1. The molecule has 0 saturated carbocycles. The van der Waals surface area contributed by atoms with Gasteiger partial charge in [-0.1, -0.05) is 0 Å². The summed E-state index contributed by atoms with van der Waals surface area (Å²) in [5.41, 5.74) is 0. The number of carbonyl (C=O) groups excluding carboxylic acids is 2. The SMILES string of the molecule is C[C@H](CN1CCOC1=O)NC(=O)[C@H]1CCCN(S(C)(=O)=O)C1. The summed E-state index contributed by atoms with van der Waals surface area (Å²) in [7, 11) is -3.26. The van der Waals surface area contributed by atoms with Gasteiger partial charge in [-0.25, -0.2) is 17.5 Å². The third-order valence-electron chi connectivity index (χ3n) is 3.95. The molecular weight excluding hydrogens is 310 g/mol. The normalized spacial score (nSPS) is 24.9. The van der Waals surface area contributed by atoms with Gasteiger partial charge in [0.05, 0.1) is 18.7 Å². The van der Waals surface area contributed by atoms with Crippen LogP contribution in [-0.2, 0) is 19.6 Å². The molecule has 2 amide bonds. The summed E-state index contributed by atoms with van der Waals surface area (Å²) < 4.78 is 29.3. The molecule has 0 spiro atoms. The van der Waals surface area contributed by atoms with Crippen molar-refractivity contribution in [3.05, 3.63) is 0 Å². The maximum atomic E-state index is 12.3. The number of amides is 2. The minimum Gasteiger partial charge on any atom is -0.448 e. The molecule has 0 aromatic heterocycles. The van der Waals surface area contributed by atoms with E-state index in [9.17, 15) is 18.0 Å². The Morgan fingerprint density at radius 3 is 2.77 bits per heavy atom. The lowest BCUT2D eigenvalue weighted by Crippen LogP contribution is -2.49. The van der Waals surface area contributed by atoms with E-state index in [1.54, 1.807) is 4.90 Å². The standard InChI is InChI=1S/C13H23N3O5S/c1-10(8-15-6-7-21-13(15)18)14-12(17)11-4-3-5-16(9-11)22(2,19)20/h10-11H,3-9H2,1-2H3,(H,14,17)/t10-,11+/m1/s1. The van der Waals surface area contributed by atoms with Gasteiger partial charge in [0.25, 0.3) is 0 Å². The van der Waals surface area contributed by atoms with Crippen LogP contribution in [0.15, 0.2) is 0 Å². The molecule has 0 unspecified atom stereocenters. The lowest BCUT2D eigenvalue weighted by atomic mass is 9.98. The number of carbonyl (C=O) groups is 2. The van der Waals surface area contributed by atoms with Crippen molar-refractivity contribution in [3.8, 4) is 0 Å². The van der Waals surface area contributed by atoms with E-state index in [4.69, 9.17) is 4.74 Å². The highest BCUT2D eigenvalue weighted by molar-refractivity contribution is 7.88. The summed E-state index contributed by atoms with van der Waals surface area (Å²) in [5.74, 6) is -0.495. The monoisotopic (exact) mass is 333 g/mol. The van der Waals surface area contributed by atoms with Gasteiger partial charge in [0.1, 0.15) is 6.61 Å². The first-order valence-electron chi connectivity index (χ1n) is 7.44. The van der Waals surface area contributed by atoms with Gasteiger partial charge in [0.2, 0.25) is 15.9 Å². The van der Waals surface area contributed by atoms with Gasteiger partial charge >= 0.3 is 6.09 Å². The average Bonchev–Trinajstić information content (AvgIpc) is 2.83. The van der Waals surface area contributed by atoms with Crippen molar-refractivity contribution >= 4 is 22.0 Å². The van der Waals surface area contributed by atoms with Crippen LogP contribution in [0.3, 0.4) is 0 Å². The van der Waals surface area contributed by atoms with E-state index in [1.807, 2.05) is 6.92 Å². The smallest absolute Gasteiger partial charge is 0.410 e. The molecule has 0 aromatic carbocycles. The van der Waals surface area contributed by atoms with E-state index >= 15 is 0 Å². The third-order valence-corrected chi connectivity index (χ3v) is 5.22. The van der Waals surface area contributed by atoms with Crippen LogP contribution < -0.4 is 5.32 Å². The summed E-state index contributed by atoms with van der Waals surface area (Å²) in [5, 5.41) is 2.86. The molecule has 0 radical (unpaired) electrons. The Hall–Kier alpha value is -1.35. The number of ether oxygens (including phenoxy) is 1. The quantitative estimate of drug-likeness (QED) is 0.739. The third kappa shape index (κ3) is 4.33. The van der Waals surface area contributed by atoms with Crippen molar-refractivity contribution in [2.24, 2.45) is 5.92 Å². The fourth-order valence-electron chi connectivity index (χ4n) is 2.79. The second-order valence-electron chi connectivity index (χ2n) is 5.93. The number of sulfonamides is 1. The molecule has 9 heteroatoms. The summed E-state index contributed by atoms with van der Waals surface area (Å²) >= 11 is 0. The lowest BCUT2D eigenvalue weighted by molar-refractivity contribution is -0.126. The van der Waals surface area contributed by atoms with Crippen molar-refractivity contribution in [2.75, 3.05) is 39.0 Å². The van der Waals surface area contributed by atoms with Crippen LogP contribution in [0.1, 0.15) is 19.8 Å². The Labute approximate surface area is 130 Å². The fraction of sp³-hybridized carbons (Fsp3) is 0.846. The summed E-state index contributed by atoms with van der Waals surface area (Å²) in [6.07, 6.45) is 2.16. The van der Waals surface area contributed by atoms with E-state index in [0.29, 0.717) is 39.1 Å². The summed E-state index contributed by atoms with van der Waals surface area (Å²) in [6, 6.07) is -0.202. The first-order valence-corrected chi connectivity index (χ1v) is 9.29. The maximum absolute atomic E-state index is 12.3. The Morgan fingerprint density at radius 2 is 2.18 bits per heavy atom. The molecule has 126 valence electrons. The highest BCUT2D eigenvalue weighted by Gasteiger charge is 2.31.